The molecule has 1 atom stereocenters. The van der Waals surface area contributed by atoms with Crippen molar-refractivity contribution in [1.82, 2.24) is 10.0 Å². The number of rotatable bonds is 6. The smallest absolute Gasteiger partial charge is 0.241 e. The molecule has 1 saturated carbocycles. The molecule has 0 radical (unpaired) electrons. The standard InChI is InChI=1S/C14H24N2O2S2/c1-4-15-10-12-13(6-8-19-12)20(17,18)16-11-5-7-14(2,3)9-11/h6,8,11,15-16H,4-5,7,9-10H2,1-3H3. The second-order valence-electron chi connectivity index (χ2n) is 6.21. The first kappa shape index (κ1) is 15.9. The molecule has 1 heterocycles. The molecule has 1 fully saturated rings. The monoisotopic (exact) mass is 316 g/mol. The maximum Gasteiger partial charge on any atom is 0.241 e. The summed E-state index contributed by atoms with van der Waals surface area (Å²) in [5, 5.41) is 5.04. The number of thiophene rings is 1. The van der Waals surface area contributed by atoms with Crippen molar-refractivity contribution < 1.29 is 8.42 Å². The van der Waals surface area contributed by atoms with Crippen molar-refractivity contribution in [2.24, 2.45) is 5.41 Å². The third-order valence-corrected chi connectivity index (χ3v) is 6.48. The van der Waals surface area contributed by atoms with E-state index in [1.807, 2.05) is 12.3 Å². The first-order valence-corrected chi connectivity index (χ1v) is 9.50. The van der Waals surface area contributed by atoms with Crippen molar-refractivity contribution in [2.75, 3.05) is 6.54 Å². The Morgan fingerprint density at radius 3 is 2.80 bits per heavy atom. The maximum absolute atomic E-state index is 12.5. The van der Waals surface area contributed by atoms with E-state index in [9.17, 15) is 8.42 Å². The molecular weight excluding hydrogens is 292 g/mol. The molecule has 1 aromatic heterocycles. The van der Waals surface area contributed by atoms with E-state index < -0.39 is 10.0 Å². The maximum atomic E-state index is 12.5. The van der Waals surface area contributed by atoms with E-state index in [0.717, 1.165) is 30.7 Å². The molecule has 0 aromatic carbocycles. The average molecular weight is 316 g/mol. The van der Waals surface area contributed by atoms with Crippen LogP contribution in [-0.2, 0) is 16.6 Å². The van der Waals surface area contributed by atoms with Crippen LogP contribution in [0.25, 0.3) is 0 Å². The van der Waals surface area contributed by atoms with Gasteiger partial charge >= 0.3 is 0 Å². The highest BCUT2D eigenvalue weighted by Gasteiger charge is 2.34. The van der Waals surface area contributed by atoms with Crippen molar-refractivity contribution >= 4 is 21.4 Å². The fourth-order valence-electron chi connectivity index (χ4n) is 2.76. The van der Waals surface area contributed by atoms with Gasteiger partial charge in [0.25, 0.3) is 0 Å². The third-order valence-electron chi connectivity index (χ3n) is 3.82. The lowest BCUT2D eigenvalue weighted by atomic mass is 9.92. The van der Waals surface area contributed by atoms with Gasteiger partial charge in [0.15, 0.2) is 0 Å². The van der Waals surface area contributed by atoms with Crippen molar-refractivity contribution in [3.63, 3.8) is 0 Å². The number of sulfonamides is 1. The van der Waals surface area contributed by atoms with Gasteiger partial charge in [-0.2, -0.15) is 0 Å². The number of hydrogen-bond donors (Lipinski definition) is 2. The Labute approximate surface area is 126 Å². The molecular formula is C14H24N2O2S2. The van der Waals surface area contributed by atoms with Crippen LogP contribution in [0.3, 0.4) is 0 Å². The Kier molecular flexibility index (Phi) is 4.89. The van der Waals surface area contributed by atoms with Gasteiger partial charge in [0.2, 0.25) is 10.0 Å². The van der Waals surface area contributed by atoms with Gasteiger partial charge in [0.1, 0.15) is 0 Å². The summed E-state index contributed by atoms with van der Waals surface area (Å²) in [6, 6.07) is 1.78. The van der Waals surface area contributed by atoms with Gasteiger partial charge in [-0.05, 0) is 42.7 Å². The van der Waals surface area contributed by atoms with Crippen LogP contribution in [0.5, 0.6) is 0 Å². The van der Waals surface area contributed by atoms with Gasteiger partial charge in [-0.1, -0.05) is 20.8 Å². The molecule has 4 nitrogen and oxygen atoms in total. The lowest BCUT2D eigenvalue weighted by Crippen LogP contribution is -2.34. The van der Waals surface area contributed by atoms with E-state index in [2.05, 4.69) is 23.9 Å². The Balaban J connectivity index is 2.09. The van der Waals surface area contributed by atoms with E-state index in [4.69, 9.17) is 0 Å². The summed E-state index contributed by atoms with van der Waals surface area (Å²) in [6.07, 6.45) is 2.92. The second kappa shape index (κ2) is 6.13. The van der Waals surface area contributed by atoms with Crippen LogP contribution >= 0.6 is 11.3 Å². The fourth-order valence-corrected chi connectivity index (χ4v) is 5.44. The van der Waals surface area contributed by atoms with E-state index in [1.165, 1.54) is 11.3 Å². The molecule has 20 heavy (non-hydrogen) atoms. The van der Waals surface area contributed by atoms with Crippen molar-refractivity contribution in [3.05, 3.63) is 16.3 Å². The Morgan fingerprint density at radius 2 is 2.20 bits per heavy atom. The Hall–Kier alpha value is -0.430. The van der Waals surface area contributed by atoms with Crippen LogP contribution in [0.15, 0.2) is 16.3 Å². The molecule has 0 bridgehead atoms. The molecule has 1 aliphatic carbocycles. The minimum atomic E-state index is -3.39. The van der Waals surface area contributed by atoms with Crippen molar-refractivity contribution in [3.8, 4) is 0 Å². The zero-order valence-electron chi connectivity index (χ0n) is 12.4. The SMILES string of the molecule is CCNCc1sccc1S(=O)(=O)NC1CCC(C)(C)C1. The predicted molar refractivity (Wildman–Crippen MR) is 83.4 cm³/mol. The quantitative estimate of drug-likeness (QED) is 0.848. The zero-order chi connectivity index (χ0) is 14.8. The van der Waals surface area contributed by atoms with Gasteiger partial charge in [0.05, 0.1) is 4.90 Å². The van der Waals surface area contributed by atoms with Gasteiger partial charge in [-0.15, -0.1) is 11.3 Å². The van der Waals surface area contributed by atoms with Crippen LogP contribution in [0, 0.1) is 5.41 Å². The minimum Gasteiger partial charge on any atom is -0.312 e. The van der Waals surface area contributed by atoms with Crippen LogP contribution in [0.2, 0.25) is 0 Å². The molecule has 6 heteroatoms. The molecule has 2 N–H and O–H groups in total. The van der Waals surface area contributed by atoms with Crippen molar-refractivity contribution in [2.45, 2.75) is 57.5 Å². The van der Waals surface area contributed by atoms with E-state index in [0.29, 0.717) is 11.4 Å². The zero-order valence-corrected chi connectivity index (χ0v) is 14.0. The topological polar surface area (TPSA) is 58.2 Å². The highest BCUT2D eigenvalue weighted by atomic mass is 32.2. The lowest BCUT2D eigenvalue weighted by Gasteiger charge is -2.18. The molecule has 1 aromatic rings. The summed E-state index contributed by atoms with van der Waals surface area (Å²) >= 11 is 1.49. The summed E-state index contributed by atoms with van der Waals surface area (Å²) in [4.78, 5) is 1.32. The summed E-state index contributed by atoms with van der Waals surface area (Å²) < 4.78 is 27.9. The van der Waals surface area contributed by atoms with Gasteiger partial charge in [-0.3, -0.25) is 0 Å². The summed E-state index contributed by atoms with van der Waals surface area (Å²) in [5.74, 6) is 0. The average Bonchev–Trinajstić information content (AvgIpc) is 2.93. The predicted octanol–water partition coefficient (Wildman–Crippen LogP) is 2.71. The van der Waals surface area contributed by atoms with E-state index in [1.54, 1.807) is 6.07 Å². The van der Waals surface area contributed by atoms with Gasteiger partial charge in [0, 0.05) is 17.5 Å². The molecule has 114 valence electrons. The molecule has 1 unspecified atom stereocenters. The lowest BCUT2D eigenvalue weighted by molar-refractivity contribution is 0.372. The fraction of sp³-hybridized carbons (Fsp3) is 0.714. The summed E-state index contributed by atoms with van der Waals surface area (Å²) in [7, 11) is -3.39. The number of hydrogen-bond acceptors (Lipinski definition) is 4. The minimum absolute atomic E-state index is 0.0712. The third kappa shape index (κ3) is 3.81. The van der Waals surface area contributed by atoms with Gasteiger partial charge < -0.3 is 5.32 Å². The normalized spacial score (nSPS) is 22.2. The molecule has 0 spiro atoms. The van der Waals surface area contributed by atoms with E-state index >= 15 is 0 Å². The van der Waals surface area contributed by atoms with Gasteiger partial charge in [-0.25, -0.2) is 13.1 Å². The molecule has 1 aliphatic rings. The summed E-state index contributed by atoms with van der Waals surface area (Å²) in [6.45, 7) is 7.85. The molecule has 0 saturated heterocycles. The van der Waals surface area contributed by atoms with Crippen LogP contribution < -0.4 is 10.0 Å². The number of nitrogens with one attached hydrogen (secondary N) is 2. The summed E-state index contributed by atoms with van der Waals surface area (Å²) in [5.41, 5.74) is 0.244. The first-order chi connectivity index (χ1) is 9.34. The second-order valence-corrected chi connectivity index (χ2v) is 8.90. The highest BCUT2D eigenvalue weighted by Crippen LogP contribution is 2.37. The largest absolute Gasteiger partial charge is 0.312 e. The van der Waals surface area contributed by atoms with Crippen molar-refractivity contribution in [1.29, 1.82) is 0 Å². The van der Waals surface area contributed by atoms with Crippen LogP contribution in [0.1, 0.15) is 44.9 Å². The first-order valence-electron chi connectivity index (χ1n) is 7.13. The highest BCUT2D eigenvalue weighted by molar-refractivity contribution is 7.89. The molecule has 0 amide bonds. The van der Waals surface area contributed by atoms with Crippen LogP contribution in [-0.4, -0.2) is 21.0 Å². The van der Waals surface area contributed by atoms with Crippen LogP contribution in [0.4, 0.5) is 0 Å². The molecule has 2 rings (SSSR count). The molecule has 0 aliphatic heterocycles. The Morgan fingerprint density at radius 1 is 1.45 bits per heavy atom. The Bertz CT molecular complexity index is 549. The van der Waals surface area contributed by atoms with E-state index in [-0.39, 0.29) is 11.5 Å².